The molecule has 0 saturated heterocycles. The van der Waals surface area contributed by atoms with Crippen molar-refractivity contribution in [2.75, 3.05) is 5.43 Å². The van der Waals surface area contributed by atoms with Crippen LogP contribution in [0.1, 0.15) is 48.8 Å². The molecule has 0 spiro atoms. The van der Waals surface area contributed by atoms with Crippen molar-refractivity contribution in [3.63, 3.8) is 0 Å². The van der Waals surface area contributed by atoms with Gasteiger partial charge in [-0.05, 0) is 48.9 Å². The second-order valence-corrected chi connectivity index (χ2v) is 6.43. The highest BCUT2D eigenvalue weighted by Gasteiger charge is 2.17. The van der Waals surface area contributed by atoms with Crippen molar-refractivity contribution in [3.8, 4) is 0 Å². The van der Waals surface area contributed by atoms with E-state index in [2.05, 4.69) is 37.5 Å². The second kappa shape index (κ2) is 6.02. The number of benzene rings is 1. The summed E-state index contributed by atoms with van der Waals surface area (Å²) in [4.78, 5) is 4.78. The van der Waals surface area contributed by atoms with Crippen LogP contribution in [0.3, 0.4) is 0 Å². The minimum absolute atomic E-state index is 0.789. The Morgan fingerprint density at radius 2 is 1.95 bits per heavy atom. The lowest BCUT2D eigenvalue weighted by atomic mass is 9.84. The van der Waals surface area contributed by atoms with E-state index in [1.807, 2.05) is 0 Å². The van der Waals surface area contributed by atoms with E-state index in [1.165, 1.54) is 54.2 Å². The molecule has 1 saturated carbocycles. The molecule has 112 valence electrons. The van der Waals surface area contributed by atoms with Crippen molar-refractivity contribution in [1.82, 2.24) is 4.98 Å². The first kappa shape index (κ1) is 14.3. The highest BCUT2D eigenvalue weighted by atomic mass is 15.2. The van der Waals surface area contributed by atoms with Crippen molar-refractivity contribution < 1.29 is 0 Å². The third-order valence-electron chi connectivity index (χ3n) is 4.96. The third kappa shape index (κ3) is 2.88. The summed E-state index contributed by atoms with van der Waals surface area (Å²) in [7, 11) is 0. The number of rotatable bonds is 3. The van der Waals surface area contributed by atoms with Crippen LogP contribution in [0.5, 0.6) is 0 Å². The summed E-state index contributed by atoms with van der Waals surface area (Å²) in [6, 6.07) is 6.63. The number of nitrogens with zero attached hydrogens (tertiary/aromatic N) is 1. The lowest BCUT2D eigenvalue weighted by molar-refractivity contribution is 0.357. The monoisotopic (exact) mass is 283 g/mol. The summed E-state index contributed by atoms with van der Waals surface area (Å²) in [6.07, 6.45) is 7.91. The normalized spacial score (nSPS) is 16.3. The number of hydrogen-bond acceptors (Lipinski definition) is 3. The molecular formula is C18H25N3. The van der Waals surface area contributed by atoms with Crippen LogP contribution in [-0.2, 0) is 6.42 Å². The van der Waals surface area contributed by atoms with Gasteiger partial charge in [0.15, 0.2) is 0 Å². The van der Waals surface area contributed by atoms with Crippen LogP contribution in [0.4, 0.5) is 5.82 Å². The van der Waals surface area contributed by atoms with Crippen LogP contribution in [0.15, 0.2) is 18.2 Å². The summed E-state index contributed by atoms with van der Waals surface area (Å²) in [5.41, 5.74) is 7.66. The number of aryl methyl sites for hydroxylation is 2. The van der Waals surface area contributed by atoms with E-state index in [0.29, 0.717) is 0 Å². The Morgan fingerprint density at radius 1 is 1.19 bits per heavy atom. The Morgan fingerprint density at radius 3 is 2.67 bits per heavy atom. The third-order valence-corrected chi connectivity index (χ3v) is 4.96. The van der Waals surface area contributed by atoms with Gasteiger partial charge in [-0.15, -0.1) is 0 Å². The first-order valence-corrected chi connectivity index (χ1v) is 8.05. The largest absolute Gasteiger partial charge is 0.308 e. The molecule has 0 unspecified atom stereocenters. The van der Waals surface area contributed by atoms with Gasteiger partial charge in [0.1, 0.15) is 5.82 Å². The van der Waals surface area contributed by atoms with Gasteiger partial charge < -0.3 is 5.43 Å². The van der Waals surface area contributed by atoms with Crippen LogP contribution in [0.25, 0.3) is 10.9 Å². The highest BCUT2D eigenvalue weighted by molar-refractivity contribution is 5.85. The molecule has 1 aliphatic carbocycles. The smallest absolute Gasteiger partial charge is 0.143 e. The maximum absolute atomic E-state index is 5.72. The molecule has 0 bridgehead atoms. The Kier molecular flexibility index (Phi) is 4.11. The van der Waals surface area contributed by atoms with Crippen LogP contribution in [-0.4, -0.2) is 4.98 Å². The topological polar surface area (TPSA) is 50.9 Å². The maximum Gasteiger partial charge on any atom is 0.143 e. The molecule has 1 aromatic heterocycles. The van der Waals surface area contributed by atoms with E-state index >= 15 is 0 Å². The molecule has 0 radical (unpaired) electrons. The molecule has 2 aromatic rings. The lowest BCUT2D eigenvalue weighted by Crippen LogP contribution is -2.15. The molecule has 0 aliphatic heterocycles. The van der Waals surface area contributed by atoms with Gasteiger partial charge in [0.25, 0.3) is 0 Å². The van der Waals surface area contributed by atoms with Gasteiger partial charge in [0, 0.05) is 5.39 Å². The SMILES string of the molecule is Cc1ccc2cc(CC3CCCCC3)c(NN)nc2c1C. The average molecular weight is 283 g/mol. The van der Waals surface area contributed by atoms with Gasteiger partial charge in [-0.25, -0.2) is 10.8 Å². The Hall–Kier alpha value is -1.61. The maximum atomic E-state index is 5.72. The minimum atomic E-state index is 0.789. The summed E-state index contributed by atoms with van der Waals surface area (Å²) in [5, 5.41) is 1.22. The van der Waals surface area contributed by atoms with E-state index in [-0.39, 0.29) is 0 Å². The minimum Gasteiger partial charge on any atom is -0.308 e. The molecule has 1 aromatic carbocycles. The standard InChI is InChI=1S/C18H25N3/c1-12-8-9-15-11-16(10-14-6-4-3-5-7-14)18(21-19)20-17(15)13(12)2/h8-9,11,14H,3-7,10,19H2,1-2H3,(H,20,21). The Labute approximate surface area is 126 Å². The molecule has 3 N–H and O–H groups in total. The molecule has 1 aliphatic rings. The van der Waals surface area contributed by atoms with Crippen LogP contribution < -0.4 is 11.3 Å². The fourth-order valence-electron chi connectivity index (χ4n) is 3.51. The number of nitrogens with two attached hydrogens (primary N) is 1. The van der Waals surface area contributed by atoms with Crippen LogP contribution >= 0.6 is 0 Å². The van der Waals surface area contributed by atoms with Crippen molar-refractivity contribution >= 4 is 16.7 Å². The number of nitrogens with one attached hydrogen (secondary N) is 1. The number of nitrogen functional groups attached to an aromatic ring is 1. The van der Waals surface area contributed by atoms with Crippen molar-refractivity contribution in [2.45, 2.75) is 52.4 Å². The first-order valence-electron chi connectivity index (χ1n) is 8.05. The zero-order chi connectivity index (χ0) is 14.8. The summed E-state index contributed by atoms with van der Waals surface area (Å²) in [5.74, 6) is 7.36. The highest BCUT2D eigenvalue weighted by Crippen LogP contribution is 2.31. The molecule has 3 nitrogen and oxygen atoms in total. The van der Waals surface area contributed by atoms with E-state index in [0.717, 1.165) is 23.7 Å². The average Bonchev–Trinajstić information content (AvgIpc) is 2.52. The predicted octanol–water partition coefficient (Wildman–Crippen LogP) is 4.26. The summed E-state index contributed by atoms with van der Waals surface area (Å²) >= 11 is 0. The Balaban J connectivity index is 1.99. The van der Waals surface area contributed by atoms with Crippen LogP contribution in [0, 0.1) is 19.8 Å². The summed E-state index contributed by atoms with van der Waals surface area (Å²) < 4.78 is 0. The fraction of sp³-hybridized carbons (Fsp3) is 0.500. The van der Waals surface area contributed by atoms with Gasteiger partial charge in [-0.1, -0.05) is 44.2 Å². The van der Waals surface area contributed by atoms with E-state index in [4.69, 9.17) is 10.8 Å². The predicted molar refractivity (Wildman–Crippen MR) is 89.3 cm³/mol. The molecule has 3 rings (SSSR count). The number of pyridine rings is 1. The van der Waals surface area contributed by atoms with E-state index < -0.39 is 0 Å². The van der Waals surface area contributed by atoms with Gasteiger partial charge in [0.05, 0.1) is 5.52 Å². The van der Waals surface area contributed by atoms with Crippen molar-refractivity contribution in [1.29, 1.82) is 0 Å². The number of hydrazine groups is 1. The molecule has 0 amide bonds. The van der Waals surface area contributed by atoms with Crippen LogP contribution in [0.2, 0.25) is 0 Å². The van der Waals surface area contributed by atoms with Gasteiger partial charge in [-0.3, -0.25) is 0 Å². The zero-order valence-electron chi connectivity index (χ0n) is 13.1. The molecule has 1 fully saturated rings. The number of aromatic nitrogens is 1. The first-order chi connectivity index (χ1) is 10.2. The number of hydrogen-bond donors (Lipinski definition) is 2. The van der Waals surface area contributed by atoms with Crippen molar-refractivity contribution in [2.24, 2.45) is 11.8 Å². The van der Waals surface area contributed by atoms with E-state index in [1.54, 1.807) is 0 Å². The van der Waals surface area contributed by atoms with E-state index in [9.17, 15) is 0 Å². The van der Waals surface area contributed by atoms with Gasteiger partial charge in [0.2, 0.25) is 0 Å². The summed E-state index contributed by atoms with van der Waals surface area (Å²) in [6.45, 7) is 4.26. The lowest BCUT2D eigenvalue weighted by Gasteiger charge is -2.22. The quantitative estimate of drug-likeness (QED) is 0.653. The fourth-order valence-corrected chi connectivity index (χ4v) is 3.51. The molecule has 3 heteroatoms. The second-order valence-electron chi connectivity index (χ2n) is 6.43. The number of fused-ring (bicyclic) bond motifs is 1. The Bertz CT molecular complexity index is 642. The zero-order valence-corrected chi connectivity index (χ0v) is 13.1. The molecule has 0 atom stereocenters. The van der Waals surface area contributed by atoms with Crippen molar-refractivity contribution in [3.05, 3.63) is 34.9 Å². The molecule has 1 heterocycles. The number of anilines is 1. The van der Waals surface area contributed by atoms with Gasteiger partial charge >= 0.3 is 0 Å². The molecule has 21 heavy (non-hydrogen) atoms. The molecular weight excluding hydrogens is 258 g/mol. The van der Waals surface area contributed by atoms with Gasteiger partial charge in [-0.2, -0.15) is 0 Å².